The molecule has 0 saturated carbocycles. The third kappa shape index (κ3) is 6.01. The number of hydrogen-bond acceptors (Lipinski definition) is 2. The SMILES string of the molecule is C=CCC(CC=C)C(=O)NC(C)(CN)CC(C)C. The Morgan fingerprint density at radius 3 is 2.17 bits per heavy atom. The molecule has 0 aromatic rings. The van der Waals surface area contributed by atoms with E-state index in [0.29, 0.717) is 25.3 Å². The van der Waals surface area contributed by atoms with Gasteiger partial charge in [0.15, 0.2) is 0 Å². The van der Waals surface area contributed by atoms with Crippen LogP contribution in [0.15, 0.2) is 25.3 Å². The topological polar surface area (TPSA) is 55.1 Å². The van der Waals surface area contributed by atoms with Gasteiger partial charge in [0.2, 0.25) is 5.91 Å². The van der Waals surface area contributed by atoms with Crippen molar-refractivity contribution in [1.29, 1.82) is 0 Å². The summed E-state index contributed by atoms with van der Waals surface area (Å²) < 4.78 is 0. The van der Waals surface area contributed by atoms with Crippen molar-refractivity contribution in [1.82, 2.24) is 5.32 Å². The highest BCUT2D eigenvalue weighted by atomic mass is 16.2. The Labute approximate surface area is 112 Å². The molecule has 0 aromatic carbocycles. The lowest BCUT2D eigenvalue weighted by Gasteiger charge is -2.32. The predicted octanol–water partition coefficient (Wildman–Crippen LogP) is 2.63. The van der Waals surface area contributed by atoms with Gasteiger partial charge < -0.3 is 11.1 Å². The van der Waals surface area contributed by atoms with Gasteiger partial charge in [0.25, 0.3) is 0 Å². The van der Waals surface area contributed by atoms with Crippen LogP contribution >= 0.6 is 0 Å². The van der Waals surface area contributed by atoms with E-state index in [0.717, 1.165) is 6.42 Å². The van der Waals surface area contributed by atoms with Gasteiger partial charge in [0, 0.05) is 18.0 Å². The number of allylic oxidation sites excluding steroid dienone is 2. The highest BCUT2D eigenvalue weighted by molar-refractivity contribution is 5.79. The first-order valence-electron chi connectivity index (χ1n) is 6.62. The summed E-state index contributed by atoms with van der Waals surface area (Å²) in [6.07, 6.45) is 5.76. The summed E-state index contributed by atoms with van der Waals surface area (Å²) in [4.78, 5) is 12.2. The van der Waals surface area contributed by atoms with Crippen molar-refractivity contribution in [2.75, 3.05) is 6.54 Å². The van der Waals surface area contributed by atoms with E-state index in [1.165, 1.54) is 0 Å². The summed E-state index contributed by atoms with van der Waals surface area (Å²) in [5, 5.41) is 3.08. The van der Waals surface area contributed by atoms with Crippen LogP contribution in [0.1, 0.15) is 40.0 Å². The van der Waals surface area contributed by atoms with Gasteiger partial charge in [0.05, 0.1) is 0 Å². The zero-order valence-corrected chi connectivity index (χ0v) is 12.0. The summed E-state index contributed by atoms with van der Waals surface area (Å²) in [5.74, 6) is 0.456. The van der Waals surface area contributed by atoms with Gasteiger partial charge in [0.1, 0.15) is 0 Å². The molecule has 3 heteroatoms. The van der Waals surface area contributed by atoms with E-state index in [9.17, 15) is 4.79 Å². The molecule has 1 atom stereocenters. The molecule has 0 radical (unpaired) electrons. The smallest absolute Gasteiger partial charge is 0.224 e. The maximum Gasteiger partial charge on any atom is 0.224 e. The van der Waals surface area contributed by atoms with Crippen molar-refractivity contribution < 1.29 is 4.79 Å². The first kappa shape index (κ1) is 16.9. The van der Waals surface area contributed by atoms with Crippen LogP contribution in [0.3, 0.4) is 0 Å². The summed E-state index contributed by atoms with van der Waals surface area (Å²) >= 11 is 0. The number of amides is 1. The normalized spacial score (nSPS) is 14.3. The maximum absolute atomic E-state index is 12.2. The molecule has 0 aliphatic heterocycles. The lowest BCUT2D eigenvalue weighted by molar-refractivity contribution is -0.126. The third-order valence-corrected chi connectivity index (χ3v) is 3.01. The molecule has 0 heterocycles. The van der Waals surface area contributed by atoms with Crippen molar-refractivity contribution in [2.45, 2.75) is 45.6 Å². The fourth-order valence-electron chi connectivity index (χ4n) is 2.20. The van der Waals surface area contributed by atoms with Gasteiger partial charge in [-0.1, -0.05) is 26.0 Å². The summed E-state index contributed by atoms with van der Waals surface area (Å²) in [6, 6.07) is 0. The van der Waals surface area contributed by atoms with E-state index in [1.807, 2.05) is 6.92 Å². The van der Waals surface area contributed by atoms with E-state index in [-0.39, 0.29) is 17.4 Å². The average molecular weight is 252 g/mol. The van der Waals surface area contributed by atoms with Crippen molar-refractivity contribution in [2.24, 2.45) is 17.6 Å². The fraction of sp³-hybridized carbons (Fsp3) is 0.667. The van der Waals surface area contributed by atoms with E-state index in [2.05, 4.69) is 32.3 Å². The molecule has 0 aromatic heterocycles. The summed E-state index contributed by atoms with van der Waals surface area (Å²) in [6.45, 7) is 14.1. The Balaban J connectivity index is 4.65. The first-order chi connectivity index (χ1) is 8.38. The van der Waals surface area contributed by atoms with Crippen LogP contribution < -0.4 is 11.1 Å². The molecule has 104 valence electrons. The van der Waals surface area contributed by atoms with E-state index in [1.54, 1.807) is 12.2 Å². The van der Waals surface area contributed by atoms with Crippen molar-refractivity contribution >= 4 is 5.91 Å². The zero-order chi connectivity index (χ0) is 14.2. The fourth-order valence-corrected chi connectivity index (χ4v) is 2.20. The number of rotatable bonds is 9. The highest BCUT2D eigenvalue weighted by Gasteiger charge is 2.28. The lowest BCUT2D eigenvalue weighted by Crippen LogP contribution is -2.53. The Kier molecular flexibility index (Phi) is 7.60. The number of nitrogens with two attached hydrogens (primary N) is 1. The summed E-state index contributed by atoms with van der Waals surface area (Å²) in [5.41, 5.74) is 5.47. The van der Waals surface area contributed by atoms with Gasteiger partial charge in [-0.05, 0) is 32.1 Å². The Hall–Kier alpha value is -1.09. The van der Waals surface area contributed by atoms with E-state index < -0.39 is 0 Å². The minimum absolute atomic E-state index is 0.0448. The van der Waals surface area contributed by atoms with Crippen LogP contribution in [0.25, 0.3) is 0 Å². The molecule has 0 aliphatic rings. The highest BCUT2D eigenvalue weighted by Crippen LogP contribution is 2.18. The van der Waals surface area contributed by atoms with Crippen molar-refractivity contribution in [3.63, 3.8) is 0 Å². The molecule has 0 saturated heterocycles. The standard InChI is InChI=1S/C15H28N2O/c1-6-8-13(9-7-2)14(18)17-15(5,11-16)10-12(3)4/h6-7,12-13H,1-2,8-11,16H2,3-5H3,(H,17,18). The monoisotopic (exact) mass is 252 g/mol. The molecular weight excluding hydrogens is 224 g/mol. The molecule has 0 bridgehead atoms. The third-order valence-electron chi connectivity index (χ3n) is 3.01. The quantitative estimate of drug-likeness (QED) is 0.620. The molecule has 0 fully saturated rings. The van der Waals surface area contributed by atoms with Crippen LogP contribution in [0, 0.1) is 11.8 Å². The van der Waals surface area contributed by atoms with Crippen molar-refractivity contribution in [3.8, 4) is 0 Å². The number of hydrogen-bond donors (Lipinski definition) is 2. The molecule has 0 rings (SSSR count). The molecule has 3 N–H and O–H groups in total. The molecule has 3 nitrogen and oxygen atoms in total. The van der Waals surface area contributed by atoms with Crippen LogP contribution in [-0.2, 0) is 4.79 Å². The largest absolute Gasteiger partial charge is 0.349 e. The Morgan fingerprint density at radius 2 is 1.83 bits per heavy atom. The van der Waals surface area contributed by atoms with Gasteiger partial charge in [-0.3, -0.25) is 4.79 Å². The molecular formula is C15H28N2O. The van der Waals surface area contributed by atoms with Crippen LogP contribution in [-0.4, -0.2) is 18.0 Å². The van der Waals surface area contributed by atoms with Crippen LogP contribution in [0.2, 0.25) is 0 Å². The molecule has 1 amide bonds. The number of carbonyl (C=O) groups is 1. The second-order valence-corrected chi connectivity index (χ2v) is 5.60. The molecule has 0 aliphatic carbocycles. The van der Waals surface area contributed by atoms with Crippen molar-refractivity contribution in [3.05, 3.63) is 25.3 Å². The van der Waals surface area contributed by atoms with E-state index >= 15 is 0 Å². The zero-order valence-electron chi connectivity index (χ0n) is 12.0. The van der Waals surface area contributed by atoms with Gasteiger partial charge in [-0.25, -0.2) is 0 Å². The Morgan fingerprint density at radius 1 is 1.33 bits per heavy atom. The van der Waals surface area contributed by atoms with Gasteiger partial charge >= 0.3 is 0 Å². The lowest BCUT2D eigenvalue weighted by atomic mass is 9.89. The second kappa shape index (κ2) is 8.09. The number of carbonyl (C=O) groups excluding carboxylic acids is 1. The van der Waals surface area contributed by atoms with E-state index in [4.69, 9.17) is 5.73 Å². The van der Waals surface area contributed by atoms with Gasteiger partial charge in [-0.2, -0.15) is 0 Å². The maximum atomic E-state index is 12.2. The molecule has 0 spiro atoms. The Bertz CT molecular complexity index is 276. The molecule has 18 heavy (non-hydrogen) atoms. The minimum Gasteiger partial charge on any atom is -0.349 e. The summed E-state index contributed by atoms with van der Waals surface area (Å²) in [7, 11) is 0. The predicted molar refractivity (Wildman–Crippen MR) is 78.2 cm³/mol. The van der Waals surface area contributed by atoms with Crippen LogP contribution in [0.5, 0.6) is 0 Å². The molecule has 1 unspecified atom stereocenters. The average Bonchev–Trinajstić information content (AvgIpc) is 2.27. The van der Waals surface area contributed by atoms with Gasteiger partial charge in [-0.15, -0.1) is 13.2 Å². The first-order valence-corrected chi connectivity index (χ1v) is 6.62. The minimum atomic E-state index is -0.328. The van der Waals surface area contributed by atoms with Crippen LogP contribution in [0.4, 0.5) is 0 Å². The second-order valence-electron chi connectivity index (χ2n) is 5.60. The number of nitrogens with one attached hydrogen (secondary N) is 1.